The van der Waals surface area contributed by atoms with Gasteiger partial charge in [0, 0.05) is 25.7 Å². The number of nitrogens with one attached hydrogen (secondary N) is 1. The van der Waals surface area contributed by atoms with Gasteiger partial charge < -0.3 is 10.2 Å². The maximum absolute atomic E-state index is 6.31. The smallest absolute Gasteiger partial charge is 0.0639 e. The Morgan fingerprint density at radius 1 is 1.35 bits per heavy atom. The number of halogens is 1. The van der Waals surface area contributed by atoms with E-state index in [2.05, 4.69) is 29.3 Å². The van der Waals surface area contributed by atoms with E-state index in [4.69, 9.17) is 11.6 Å². The lowest BCUT2D eigenvalue weighted by atomic mass is 10.1. The second-order valence-electron chi connectivity index (χ2n) is 5.30. The van der Waals surface area contributed by atoms with Crippen LogP contribution < -0.4 is 10.2 Å². The van der Waals surface area contributed by atoms with E-state index in [0.29, 0.717) is 6.04 Å². The summed E-state index contributed by atoms with van der Waals surface area (Å²) in [5.74, 6) is 0.904. The van der Waals surface area contributed by atoms with Gasteiger partial charge in [0.25, 0.3) is 0 Å². The molecule has 0 spiro atoms. The monoisotopic (exact) mass is 250 g/mol. The van der Waals surface area contributed by atoms with E-state index in [1.165, 1.54) is 24.1 Å². The number of rotatable bonds is 2. The molecule has 3 heteroatoms. The Morgan fingerprint density at radius 2 is 2.18 bits per heavy atom. The third-order valence-electron chi connectivity index (χ3n) is 3.84. The minimum Gasteiger partial charge on any atom is -0.367 e. The average molecular weight is 251 g/mol. The van der Waals surface area contributed by atoms with Gasteiger partial charge in [-0.25, -0.2) is 0 Å². The minimum atomic E-state index is 0.667. The zero-order chi connectivity index (χ0) is 11.8. The van der Waals surface area contributed by atoms with E-state index in [-0.39, 0.29) is 0 Å². The highest BCUT2D eigenvalue weighted by Gasteiger charge is 2.34. The molecule has 3 rings (SSSR count). The van der Waals surface area contributed by atoms with Crippen molar-refractivity contribution in [3.05, 3.63) is 28.8 Å². The predicted molar refractivity (Wildman–Crippen MR) is 72.9 cm³/mol. The number of anilines is 1. The van der Waals surface area contributed by atoms with E-state index in [9.17, 15) is 0 Å². The second-order valence-corrected chi connectivity index (χ2v) is 5.71. The lowest BCUT2D eigenvalue weighted by molar-refractivity contribution is 0.419. The molecule has 1 aromatic rings. The van der Waals surface area contributed by atoms with Crippen LogP contribution in [-0.4, -0.2) is 25.7 Å². The summed E-state index contributed by atoms with van der Waals surface area (Å²) in [6.45, 7) is 5.37. The van der Waals surface area contributed by atoms with Crippen molar-refractivity contribution in [1.29, 1.82) is 0 Å². The molecule has 0 bridgehead atoms. The number of hydrogen-bond donors (Lipinski definition) is 1. The van der Waals surface area contributed by atoms with Gasteiger partial charge in [0.05, 0.1) is 10.7 Å². The van der Waals surface area contributed by atoms with E-state index in [1.54, 1.807) is 0 Å². The lowest BCUT2D eigenvalue weighted by Crippen LogP contribution is -2.51. The average Bonchev–Trinajstić information content (AvgIpc) is 3.17. The molecule has 1 saturated heterocycles. The molecule has 1 aliphatic heterocycles. The van der Waals surface area contributed by atoms with Crippen molar-refractivity contribution in [3.63, 3.8) is 0 Å². The van der Waals surface area contributed by atoms with E-state index >= 15 is 0 Å². The summed E-state index contributed by atoms with van der Waals surface area (Å²) >= 11 is 6.31. The number of aryl methyl sites for hydroxylation is 1. The molecule has 0 radical (unpaired) electrons. The van der Waals surface area contributed by atoms with Crippen molar-refractivity contribution in [2.24, 2.45) is 5.92 Å². The van der Waals surface area contributed by atoms with Gasteiger partial charge in [0.2, 0.25) is 0 Å². The Kier molecular flexibility index (Phi) is 3.01. The van der Waals surface area contributed by atoms with Gasteiger partial charge >= 0.3 is 0 Å². The first-order chi connectivity index (χ1) is 8.24. The van der Waals surface area contributed by atoms with Gasteiger partial charge in [0.1, 0.15) is 0 Å². The molecular weight excluding hydrogens is 232 g/mol. The molecule has 2 nitrogen and oxygen atoms in total. The second kappa shape index (κ2) is 4.51. The molecule has 1 heterocycles. The van der Waals surface area contributed by atoms with Crippen molar-refractivity contribution in [2.45, 2.75) is 25.8 Å². The third-order valence-corrected chi connectivity index (χ3v) is 4.16. The van der Waals surface area contributed by atoms with E-state index in [0.717, 1.165) is 30.6 Å². The molecule has 1 N–H and O–H groups in total. The molecule has 2 fully saturated rings. The first kappa shape index (κ1) is 11.4. The number of piperazine rings is 1. The lowest BCUT2D eigenvalue weighted by Gasteiger charge is -2.36. The molecule has 17 heavy (non-hydrogen) atoms. The fourth-order valence-electron chi connectivity index (χ4n) is 2.68. The fraction of sp³-hybridized carbons (Fsp3) is 0.571. The first-order valence-electron chi connectivity index (χ1n) is 6.48. The fourth-order valence-corrected chi connectivity index (χ4v) is 2.91. The van der Waals surface area contributed by atoms with Crippen LogP contribution in [0.15, 0.2) is 18.2 Å². The van der Waals surface area contributed by atoms with E-state index < -0.39 is 0 Å². The highest BCUT2D eigenvalue weighted by molar-refractivity contribution is 6.33. The molecule has 92 valence electrons. The molecule has 1 saturated carbocycles. The summed E-state index contributed by atoms with van der Waals surface area (Å²) < 4.78 is 0. The topological polar surface area (TPSA) is 15.3 Å². The van der Waals surface area contributed by atoms with Crippen LogP contribution in [0, 0.1) is 12.8 Å². The Balaban J connectivity index is 1.79. The summed E-state index contributed by atoms with van der Waals surface area (Å²) in [6.07, 6.45) is 2.79. The van der Waals surface area contributed by atoms with E-state index in [1.807, 2.05) is 6.07 Å². The summed E-state index contributed by atoms with van der Waals surface area (Å²) in [6, 6.07) is 6.96. The number of benzene rings is 1. The predicted octanol–water partition coefficient (Wildman–Crippen LogP) is 2.84. The normalized spacial score (nSPS) is 25.1. The van der Waals surface area contributed by atoms with Crippen LogP contribution in [0.5, 0.6) is 0 Å². The molecule has 0 aromatic heterocycles. The molecule has 0 amide bonds. The molecule has 2 aliphatic rings. The largest absolute Gasteiger partial charge is 0.367 e. The highest BCUT2D eigenvalue weighted by Crippen LogP contribution is 2.35. The molecule has 1 aliphatic carbocycles. The van der Waals surface area contributed by atoms with Crippen LogP contribution in [0.25, 0.3) is 0 Å². The molecule has 1 atom stereocenters. The van der Waals surface area contributed by atoms with Gasteiger partial charge in [-0.05, 0) is 43.4 Å². The van der Waals surface area contributed by atoms with Crippen LogP contribution >= 0.6 is 11.6 Å². The van der Waals surface area contributed by atoms with Crippen LogP contribution in [0.4, 0.5) is 5.69 Å². The van der Waals surface area contributed by atoms with Gasteiger partial charge in [0.15, 0.2) is 0 Å². The number of hydrogen-bond acceptors (Lipinski definition) is 2. The zero-order valence-electron chi connectivity index (χ0n) is 10.2. The molecule has 1 aromatic carbocycles. The highest BCUT2D eigenvalue weighted by atomic mass is 35.5. The van der Waals surface area contributed by atoms with Crippen LogP contribution in [0.1, 0.15) is 18.4 Å². The van der Waals surface area contributed by atoms with Crippen molar-refractivity contribution < 1.29 is 0 Å². The SMILES string of the molecule is Cc1ccc(Cl)c(N2CCNC(C3CC3)C2)c1. The Morgan fingerprint density at radius 3 is 2.94 bits per heavy atom. The molecule has 1 unspecified atom stereocenters. The standard InChI is InChI=1S/C14H19ClN2/c1-10-2-5-12(15)14(8-10)17-7-6-16-13(9-17)11-3-4-11/h2,5,8,11,13,16H,3-4,6-7,9H2,1H3. The first-order valence-corrected chi connectivity index (χ1v) is 6.86. The van der Waals surface area contributed by atoms with Crippen molar-refractivity contribution >= 4 is 17.3 Å². The Labute approximate surface area is 108 Å². The summed E-state index contributed by atoms with van der Waals surface area (Å²) in [4.78, 5) is 2.44. The maximum Gasteiger partial charge on any atom is 0.0639 e. The van der Waals surface area contributed by atoms with Gasteiger partial charge in [-0.15, -0.1) is 0 Å². The van der Waals surface area contributed by atoms with Gasteiger partial charge in [-0.3, -0.25) is 0 Å². The van der Waals surface area contributed by atoms with Crippen LogP contribution in [0.3, 0.4) is 0 Å². The van der Waals surface area contributed by atoms with Crippen molar-refractivity contribution in [2.75, 3.05) is 24.5 Å². The van der Waals surface area contributed by atoms with Crippen molar-refractivity contribution in [3.8, 4) is 0 Å². The minimum absolute atomic E-state index is 0.667. The molecular formula is C14H19ClN2. The third kappa shape index (κ3) is 2.43. The summed E-state index contributed by atoms with van der Waals surface area (Å²) in [7, 11) is 0. The Hall–Kier alpha value is -0.730. The maximum atomic E-state index is 6.31. The van der Waals surface area contributed by atoms with Gasteiger partial charge in [-0.2, -0.15) is 0 Å². The van der Waals surface area contributed by atoms with Crippen LogP contribution in [-0.2, 0) is 0 Å². The summed E-state index contributed by atoms with van der Waals surface area (Å²) in [5, 5.41) is 4.51. The van der Waals surface area contributed by atoms with Crippen molar-refractivity contribution in [1.82, 2.24) is 5.32 Å². The number of nitrogens with zero attached hydrogens (tertiary/aromatic N) is 1. The quantitative estimate of drug-likeness (QED) is 0.869. The Bertz CT molecular complexity index is 415. The zero-order valence-corrected chi connectivity index (χ0v) is 11.0. The summed E-state index contributed by atoms with van der Waals surface area (Å²) in [5.41, 5.74) is 2.49. The van der Waals surface area contributed by atoms with Gasteiger partial charge in [-0.1, -0.05) is 17.7 Å². The van der Waals surface area contributed by atoms with Crippen LogP contribution in [0.2, 0.25) is 5.02 Å².